The number of hydrogen-bond acceptors (Lipinski definition) is 8. The van der Waals surface area contributed by atoms with Crippen molar-refractivity contribution in [1.29, 1.82) is 0 Å². The number of ether oxygens (including phenoxy) is 1. The molecule has 2 N–H and O–H groups in total. The molecule has 8 nitrogen and oxygen atoms in total. The zero-order chi connectivity index (χ0) is 20.8. The molecule has 0 spiro atoms. The van der Waals surface area contributed by atoms with Gasteiger partial charge in [0.05, 0.1) is 24.3 Å². The molecule has 0 bridgehead atoms. The monoisotopic (exact) mass is 436 g/mol. The molecule has 11 heteroatoms. The van der Waals surface area contributed by atoms with Gasteiger partial charge < -0.3 is 19.9 Å². The second-order valence-electron chi connectivity index (χ2n) is 5.80. The van der Waals surface area contributed by atoms with Crippen LogP contribution in [0.25, 0.3) is 11.3 Å². The van der Waals surface area contributed by atoms with E-state index in [1.807, 2.05) is 0 Å². The molecule has 2 amide bonds. The number of nitrogens with zero attached hydrogens (tertiary/aromatic N) is 2. The number of rotatable bonds is 8. The summed E-state index contributed by atoms with van der Waals surface area (Å²) in [4.78, 5) is 28.1. The van der Waals surface area contributed by atoms with Crippen LogP contribution >= 0.6 is 23.1 Å². The summed E-state index contributed by atoms with van der Waals surface area (Å²) in [6, 6.07) is 6.13. The van der Waals surface area contributed by atoms with Crippen molar-refractivity contribution in [3.05, 3.63) is 41.2 Å². The number of amides is 2. The third-order valence-electron chi connectivity index (χ3n) is 3.56. The van der Waals surface area contributed by atoms with Gasteiger partial charge in [0, 0.05) is 17.0 Å². The Kier molecular flexibility index (Phi) is 6.83. The summed E-state index contributed by atoms with van der Waals surface area (Å²) >= 11 is 2.38. The number of nitrogens with one attached hydrogen (secondary N) is 2. The van der Waals surface area contributed by atoms with E-state index in [0.717, 1.165) is 11.8 Å². The Hall–Kier alpha value is -2.92. The normalized spacial score (nSPS) is 10.6. The Bertz CT molecular complexity index is 1020. The summed E-state index contributed by atoms with van der Waals surface area (Å²) < 4.78 is 23.6. The molecule has 0 unspecified atom stereocenters. The number of aryl methyl sites for hydroxylation is 1. The molecule has 2 heterocycles. The van der Waals surface area contributed by atoms with Gasteiger partial charge in [-0.15, -0.1) is 23.1 Å². The van der Waals surface area contributed by atoms with Gasteiger partial charge in [-0.25, -0.2) is 9.37 Å². The lowest BCUT2D eigenvalue weighted by Crippen LogP contribution is -2.18. The van der Waals surface area contributed by atoms with Crippen LogP contribution in [0, 0.1) is 12.7 Å². The van der Waals surface area contributed by atoms with Gasteiger partial charge in [0.15, 0.2) is 22.5 Å². The lowest BCUT2D eigenvalue weighted by Gasteiger charge is -2.03. The van der Waals surface area contributed by atoms with Gasteiger partial charge in [0.25, 0.3) is 0 Å². The molecule has 0 saturated heterocycles. The highest BCUT2D eigenvalue weighted by molar-refractivity contribution is 8.00. The molecular weight excluding hydrogens is 419 g/mol. The highest BCUT2D eigenvalue weighted by Gasteiger charge is 2.12. The van der Waals surface area contributed by atoms with Crippen LogP contribution in [0.15, 0.2) is 34.2 Å². The minimum Gasteiger partial charge on any atom is -0.494 e. The smallest absolute Gasteiger partial charge is 0.236 e. The lowest BCUT2D eigenvalue weighted by atomic mass is 10.1. The third-order valence-corrected chi connectivity index (χ3v) is 5.25. The number of anilines is 2. The quantitative estimate of drug-likeness (QED) is 0.556. The number of halogens is 1. The maximum absolute atomic E-state index is 13.8. The Balaban J connectivity index is 1.46. The molecule has 0 aliphatic heterocycles. The van der Waals surface area contributed by atoms with Gasteiger partial charge in [-0.05, 0) is 25.1 Å². The number of thiazole rings is 1. The fourth-order valence-corrected chi connectivity index (χ4v) is 3.64. The highest BCUT2D eigenvalue weighted by atomic mass is 32.2. The predicted octanol–water partition coefficient (Wildman–Crippen LogP) is 3.56. The van der Waals surface area contributed by atoms with Crippen LogP contribution in [-0.2, 0) is 9.59 Å². The number of carbonyl (C=O) groups is 2. The topological polar surface area (TPSA) is 106 Å². The van der Waals surface area contributed by atoms with E-state index in [1.165, 1.54) is 30.6 Å². The van der Waals surface area contributed by atoms with Gasteiger partial charge >= 0.3 is 0 Å². The Morgan fingerprint density at radius 2 is 2.00 bits per heavy atom. The van der Waals surface area contributed by atoms with Crippen LogP contribution in [0.1, 0.15) is 5.76 Å². The average Bonchev–Trinajstić information content (AvgIpc) is 3.30. The first-order valence-electron chi connectivity index (χ1n) is 8.35. The molecule has 0 fully saturated rings. The number of benzene rings is 1. The Morgan fingerprint density at radius 3 is 2.66 bits per heavy atom. The molecule has 29 heavy (non-hydrogen) atoms. The molecule has 2 aromatic heterocycles. The van der Waals surface area contributed by atoms with Gasteiger partial charge in [0.2, 0.25) is 11.8 Å². The van der Waals surface area contributed by atoms with Gasteiger partial charge in [-0.1, -0.05) is 5.16 Å². The van der Waals surface area contributed by atoms with Crippen LogP contribution in [0.3, 0.4) is 0 Å². The maximum Gasteiger partial charge on any atom is 0.236 e. The summed E-state index contributed by atoms with van der Waals surface area (Å²) in [7, 11) is 1.39. The molecule has 3 rings (SSSR count). The molecule has 0 saturated carbocycles. The van der Waals surface area contributed by atoms with Crippen LogP contribution in [0.2, 0.25) is 0 Å². The van der Waals surface area contributed by atoms with Crippen LogP contribution < -0.4 is 15.4 Å². The van der Waals surface area contributed by atoms with E-state index in [2.05, 4.69) is 20.8 Å². The van der Waals surface area contributed by atoms with E-state index >= 15 is 0 Å². The van der Waals surface area contributed by atoms with Crippen molar-refractivity contribution in [2.45, 2.75) is 6.92 Å². The van der Waals surface area contributed by atoms with E-state index in [4.69, 9.17) is 9.26 Å². The first-order chi connectivity index (χ1) is 13.9. The molecule has 3 aromatic rings. The Labute approximate surface area is 173 Å². The third kappa shape index (κ3) is 5.78. The summed E-state index contributed by atoms with van der Waals surface area (Å²) in [6.45, 7) is 1.72. The van der Waals surface area contributed by atoms with Crippen molar-refractivity contribution in [2.75, 3.05) is 29.2 Å². The van der Waals surface area contributed by atoms with E-state index in [0.29, 0.717) is 28.0 Å². The van der Waals surface area contributed by atoms with Crippen molar-refractivity contribution in [2.24, 2.45) is 0 Å². The average molecular weight is 436 g/mol. The number of methoxy groups -OCH3 is 1. The van der Waals surface area contributed by atoms with E-state index < -0.39 is 5.82 Å². The second kappa shape index (κ2) is 9.52. The van der Waals surface area contributed by atoms with Crippen LogP contribution in [-0.4, -0.2) is 40.6 Å². The van der Waals surface area contributed by atoms with E-state index in [9.17, 15) is 14.0 Å². The molecule has 0 aliphatic carbocycles. The first-order valence-corrected chi connectivity index (χ1v) is 10.4. The fourth-order valence-electron chi connectivity index (χ4n) is 2.29. The minimum atomic E-state index is -0.487. The lowest BCUT2D eigenvalue weighted by molar-refractivity contribution is -0.114. The van der Waals surface area contributed by atoms with Crippen LogP contribution in [0.5, 0.6) is 5.75 Å². The van der Waals surface area contributed by atoms with Crippen molar-refractivity contribution in [3.63, 3.8) is 0 Å². The molecule has 0 atom stereocenters. The van der Waals surface area contributed by atoms with Gasteiger partial charge in [-0.3, -0.25) is 9.59 Å². The summed E-state index contributed by atoms with van der Waals surface area (Å²) in [5.41, 5.74) is 1.12. The van der Waals surface area contributed by atoms with Gasteiger partial charge in [-0.2, -0.15) is 0 Å². The van der Waals surface area contributed by atoms with Crippen molar-refractivity contribution >= 4 is 45.9 Å². The summed E-state index contributed by atoms with van der Waals surface area (Å²) in [5, 5.41) is 11.0. The Morgan fingerprint density at radius 1 is 1.24 bits per heavy atom. The summed E-state index contributed by atoms with van der Waals surface area (Å²) in [6.07, 6.45) is 0. The first kappa shape index (κ1) is 20.8. The number of thioether (sulfide) groups is 1. The minimum absolute atomic E-state index is 0.0807. The van der Waals surface area contributed by atoms with Crippen molar-refractivity contribution < 1.29 is 23.2 Å². The maximum atomic E-state index is 13.8. The van der Waals surface area contributed by atoms with E-state index in [-0.39, 0.29) is 29.1 Å². The molecule has 152 valence electrons. The number of hydrogen-bond donors (Lipinski definition) is 2. The SMILES string of the molecule is COc1ccc(-c2csc(NC(=O)CSCC(=O)Nc3cc(C)on3)n2)cc1F. The fraction of sp³-hybridized carbons (Fsp3) is 0.222. The zero-order valence-corrected chi connectivity index (χ0v) is 17.2. The standard InChI is InChI=1S/C18H17FN4O4S2/c1-10-5-15(23-27-10)21-16(24)8-28-9-17(25)22-18-20-13(7-29-18)11-3-4-14(26-2)12(19)6-11/h3-7H,8-9H2,1-2H3,(H,20,22,25)(H,21,23,24). The van der Waals surface area contributed by atoms with Crippen molar-refractivity contribution in [1.82, 2.24) is 10.1 Å². The van der Waals surface area contributed by atoms with E-state index in [1.54, 1.807) is 24.4 Å². The number of carbonyl (C=O) groups excluding carboxylic acids is 2. The molecule has 1 aromatic carbocycles. The molecular formula is C18H17FN4O4S2. The highest BCUT2D eigenvalue weighted by Crippen LogP contribution is 2.28. The predicted molar refractivity (Wildman–Crippen MR) is 110 cm³/mol. The number of aromatic nitrogens is 2. The van der Waals surface area contributed by atoms with Crippen LogP contribution in [0.4, 0.5) is 15.3 Å². The largest absolute Gasteiger partial charge is 0.494 e. The molecule has 0 radical (unpaired) electrons. The summed E-state index contributed by atoms with van der Waals surface area (Å²) in [5.74, 6) is 0.188. The second-order valence-corrected chi connectivity index (χ2v) is 7.64. The van der Waals surface area contributed by atoms with Gasteiger partial charge in [0.1, 0.15) is 5.76 Å². The van der Waals surface area contributed by atoms with Crippen molar-refractivity contribution in [3.8, 4) is 17.0 Å². The zero-order valence-electron chi connectivity index (χ0n) is 15.5. The molecule has 0 aliphatic rings.